The zero-order valence-corrected chi connectivity index (χ0v) is 19.6. The number of nitrogens with one attached hydrogen (secondary N) is 2. The quantitative estimate of drug-likeness (QED) is 0.288. The molecular weight excluding hydrogens is 459 g/mol. The van der Waals surface area contributed by atoms with Crippen molar-refractivity contribution >= 4 is 41.3 Å². The number of hydrogen-bond donors (Lipinski definition) is 2. The molecule has 2 rings (SSSR count). The second kappa shape index (κ2) is 13.7. The SMILES string of the molecule is CCNC(=NCc1ncc(CC)s1)NCCC(OCC)C1CCCC1.I. The van der Waals surface area contributed by atoms with Crippen LogP contribution in [0.3, 0.4) is 0 Å². The van der Waals surface area contributed by atoms with Crippen molar-refractivity contribution in [3.05, 3.63) is 16.1 Å². The second-order valence-electron chi connectivity index (χ2n) is 6.52. The molecule has 0 spiro atoms. The number of rotatable bonds is 10. The summed E-state index contributed by atoms with van der Waals surface area (Å²) >= 11 is 1.75. The van der Waals surface area contributed by atoms with Crippen LogP contribution in [0, 0.1) is 5.92 Å². The second-order valence-corrected chi connectivity index (χ2v) is 7.72. The Labute approximate surface area is 179 Å². The number of ether oxygens (including phenoxy) is 1. The molecule has 0 aliphatic heterocycles. The van der Waals surface area contributed by atoms with E-state index in [0.717, 1.165) is 49.4 Å². The lowest BCUT2D eigenvalue weighted by atomic mass is 9.98. The van der Waals surface area contributed by atoms with Crippen molar-refractivity contribution in [2.24, 2.45) is 10.9 Å². The van der Waals surface area contributed by atoms with Gasteiger partial charge >= 0.3 is 0 Å². The molecule has 7 heteroatoms. The van der Waals surface area contributed by atoms with E-state index in [1.165, 1.54) is 30.6 Å². The van der Waals surface area contributed by atoms with Gasteiger partial charge in [-0.15, -0.1) is 35.3 Å². The van der Waals surface area contributed by atoms with E-state index >= 15 is 0 Å². The zero-order valence-electron chi connectivity index (χ0n) is 16.4. The standard InChI is InChI=1S/C19H34N4OS.HI/c1-4-16-13-22-18(25-16)14-23-19(20-5-2)21-12-11-17(24-6-3)15-9-7-8-10-15;/h13,15,17H,4-12,14H2,1-3H3,(H2,20,21,23);1H. The summed E-state index contributed by atoms with van der Waals surface area (Å²) in [5.41, 5.74) is 0. The lowest BCUT2D eigenvalue weighted by Gasteiger charge is -2.24. The van der Waals surface area contributed by atoms with E-state index in [2.05, 4.69) is 41.4 Å². The predicted molar refractivity (Wildman–Crippen MR) is 122 cm³/mol. The van der Waals surface area contributed by atoms with Crippen molar-refractivity contribution in [1.29, 1.82) is 0 Å². The summed E-state index contributed by atoms with van der Waals surface area (Å²) in [5, 5.41) is 7.86. The van der Waals surface area contributed by atoms with Gasteiger partial charge in [0.1, 0.15) is 5.01 Å². The van der Waals surface area contributed by atoms with Gasteiger partial charge in [-0.05, 0) is 45.4 Å². The third-order valence-electron chi connectivity index (χ3n) is 4.69. The highest BCUT2D eigenvalue weighted by atomic mass is 127. The Hall–Kier alpha value is -0.410. The van der Waals surface area contributed by atoms with Gasteiger partial charge < -0.3 is 15.4 Å². The van der Waals surface area contributed by atoms with E-state index < -0.39 is 0 Å². The number of guanidine groups is 1. The van der Waals surface area contributed by atoms with Crippen molar-refractivity contribution in [3.63, 3.8) is 0 Å². The van der Waals surface area contributed by atoms with Gasteiger partial charge in [0.15, 0.2) is 5.96 Å². The fourth-order valence-electron chi connectivity index (χ4n) is 3.40. The molecule has 0 radical (unpaired) electrons. The molecule has 1 heterocycles. The summed E-state index contributed by atoms with van der Waals surface area (Å²) in [6.45, 7) is 9.55. The minimum absolute atomic E-state index is 0. The van der Waals surface area contributed by atoms with Crippen molar-refractivity contribution < 1.29 is 4.74 Å². The minimum Gasteiger partial charge on any atom is -0.378 e. The smallest absolute Gasteiger partial charge is 0.191 e. The molecule has 0 saturated heterocycles. The van der Waals surface area contributed by atoms with E-state index in [4.69, 9.17) is 4.74 Å². The average Bonchev–Trinajstić information content (AvgIpc) is 3.30. The van der Waals surface area contributed by atoms with E-state index in [1.54, 1.807) is 11.3 Å². The number of aliphatic imine (C=N–C) groups is 1. The molecule has 5 nitrogen and oxygen atoms in total. The largest absolute Gasteiger partial charge is 0.378 e. The number of nitrogens with zero attached hydrogens (tertiary/aromatic N) is 2. The first-order valence-electron chi connectivity index (χ1n) is 9.84. The lowest BCUT2D eigenvalue weighted by Crippen LogP contribution is -2.39. The third kappa shape index (κ3) is 8.08. The molecule has 26 heavy (non-hydrogen) atoms. The van der Waals surface area contributed by atoms with E-state index in [1.807, 2.05) is 6.20 Å². The molecule has 1 aliphatic carbocycles. The van der Waals surface area contributed by atoms with Crippen LogP contribution in [0.1, 0.15) is 62.8 Å². The van der Waals surface area contributed by atoms with Crippen LogP contribution in [-0.2, 0) is 17.7 Å². The number of aromatic nitrogens is 1. The van der Waals surface area contributed by atoms with Gasteiger partial charge in [0.2, 0.25) is 0 Å². The van der Waals surface area contributed by atoms with Gasteiger partial charge in [-0.25, -0.2) is 9.98 Å². The Morgan fingerprint density at radius 3 is 2.69 bits per heavy atom. The maximum atomic E-state index is 6.00. The normalized spacial score (nSPS) is 16.3. The van der Waals surface area contributed by atoms with E-state index in [-0.39, 0.29) is 24.0 Å². The molecule has 1 saturated carbocycles. The summed E-state index contributed by atoms with van der Waals surface area (Å²) in [7, 11) is 0. The van der Waals surface area contributed by atoms with Crippen LogP contribution in [0.15, 0.2) is 11.2 Å². The summed E-state index contributed by atoms with van der Waals surface area (Å²) in [6.07, 6.45) is 9.79. The first-order valence-corrected chi connectivity index (χ1v) is 10.7. The Morgan fingerprint density at radius 2 is 2.08 bits per heavy atom. The predicted octanol–water partition coefficient (Wildman–Crippen LogP) is 4.36. The van der Waals surface area contributed by atoms with Crippen molar-refractivity contribution in [3.8, 4) is 0 Å². The average molecular weight is 494 g/mol. The molecule has 0 amide bonds. The van der Waals surface area contributed by atoms with Crippen LogP contribution in [0.5, 0.6) is 0 Å². The topological polar surface area (TPSA) is 58.5 Å². The van der Waals surface area contributed by atoms with Crippen molar-refractivity contribution in [2.75, 3.05) is 19.7 Å². The van der Waals surface area contributed by atoms with Crippen molar-refractivity contribution in [1.82, 2.24) is 15.6 Å². The molecule has 1 aromatic heterocycles. The number of halogens is 1. The van der Waals surface area contributed by atoms with Crippen LogP contribution in [0.4, 0.5) is 0 Å². The summed E-state index contributed by atoms with van der Waals surface area (Å²) in [4.78, 5) is 10.4. The summed E-state index contributed by atoms with van der Waals surface area (Å²) < 4.78 is 6.00. The molecule has 150 valence electrons. The Morgan fingerprint density at radius 1 is 1.31 bits per heavy atom. The highest BCUT2D eigenvalue weighted by Crippen LogP contribution is 2.30. The highest BCUT2D eigenvalue weighted by Gasteiger charge is 2.25. The van der Waals surface area contributed by atoms with Crippen LogP contribution in [0.25, 0.3) is 0 Å². The maximum Gasteiger partial charge on any atom is 0.191 e. The molecule has 1 unspecified atom stereocenters. The van der Waals surface area contributed by atoms with E-state index in [9.17, 15) is 0 Å². The fraction of sp³-hybridized carbons (Fsp3) is 0.789. The Bertz CT molecular complexity index is 517. The monoisotopic (exact) mass is 494 g/mol. The molecule has 1 aromatic rings. The van der Waals surface area contributed by atoms with Gasteiger partial charge in [0, 0.05) is 30.8 Å². The first-order chi connectivity index (χ1) is 12.3. The first kappa shape index (κ1) is 23.6. The van der Waals surface area contributed by atoms with Crippen LogP contribution >= 0.6 is 35.3 Å². The molecule has 1 aliphatic rings. The van der Waals surface area contributed by atoms with Gasteiger partial charge in [-0.1, -0.05) is 19.8 Å². The van der Waals surface area contributed by atoms with Crippen LogP contribution in [0.2, 0.25) is 0 Å². The van der Waals surface area contributed by atoms with Gasteiger partial charge in [0.05, 0.1) is 12.6 Å². The molecule has 2 N–H and O–H groups in total. The number of thiazole rings is 1. The van der Waals surface area contributed by atoms with Crippen LogP contribution < -0.4 is 10.6 Å². The molecule has 0 aromatic carbocycles. The fourth-order valence-corrected chi connectivity index (χ4v) is 4.19. The third-order valence-corrected chi connectivity index (χ3v) is 5.82. The van der Waals surface area contributed by atoms with Gasteiger partial charge in [-0.3, -0.25) is 0 Å². The van der Waals surface area contributed by atoms with E-state index in [0.29, 0.717) is 12.6 Å². The Kier molecular flexibility index (Phi) is 12.5. The van der Waals surface area contributed by atoms with Gasteiger partial charge in [0.25, 0.3) is 0 Å². The molecule has 1 atom stereocenters. The Balaban J connectivity index is 0.00000338. The molecule has 0 bridgehead atoms. The lowest BCUT2D eigenvalue weighted by molar-refractivity contribution is 0.0169. The zero-order chi connectivity index (χ0) is 17.9. The summed E-state index contributed by atoms with van der Waals surface area (Å²) in [6, 6.07) is 0. The molecule has 1 fully saturated rings. The molecular formula is C19H35IN4OS. The highest BCUT2D eigenvalue weighted by molar-refractivity contribution is 14.0. The van der Waals surface area contributed by atoms with Crippen molar-refractivity contribution in [2.45, 2.75) is 71.9 Å². The van der Waals surface area contributed by atoms with Crippen LogP contribution in [-0.4, -0.2) is 36.7 Å². The number of hydrogen-bond acceptors (Lipinski definition) is 4. The maximum absolute atomic E-state index is 6.00. The number of aryl methyl sites for hydroxylation is 1. The van der Waals surface area contributed by atoms with Gasteiger partial charge in [-0.2, -0.15) is 0 Å². The minimum atomic E-state index is 0. The summed E-state index contributed by atoms with van der Waals surface area (Å²) in [5.74, 6) is 1.61.